The minimum Gasteiger partial charge on any atom is -0.366 e. The molecule has 1 aromatic rings. The summed E-state index contributed by atoms with van der Waals surface area (Å²) in [4.78, 5) is 10.8. The Bertz CT molecular complexity index is 349. The number of aromatic nitrogens is 2. The van der Waals surface area contributed by atoms with E-state index < -0.39 is 0 Å². The number of rotatable bonds is 6. The van der Waals surface area contributed by atoms with Gasteiger partial charge in [-0.1, -0.05) is 13.8 Å². The molecule has 0 spiro atoms. The summed E-state index contributed by atoms with van der Waals surface area (Å²) in [7, 11) is 4.19. The Labute approximate surface area is 118 Å². The molecule has 4 nitrogen and oxygen atoms in total. The van der Waals surface area contributed by atoms with Gasteiger partial charge in [-0.15, -0.1) is 0 Å². The van der Waals surface area contributed by atoms with E-state index in [1.165, 1.54) is 0 Å². The van der Waals surface area contributed by atoms with Crippen LogP contribution in [0.5, 0.6) is 0 Å². The zero-order valence-electron chi connectivity index (χ0n) is 11.9. The maximum absolute atomic E-state index is 4.42. The first kappa shape index (κ1) is 15.4. The van der Waals surface area contributed by atoms with Crippen molar-refractivity contribution in [2.45, 2.75) is 33.2 Å². The van der Waals surface area contributed by atoms with Gasteiger partial charge in [0, 0.05) is 18.7 Å². The van der Waals surface area contributed by atoms with Crippen LogP contribution >= 0.6 is 15.9 Å². The summed E-state index contributed by atoms with van der Waals surface area (Å²) in [5, 5.41) is 3.50. The third-order valence-electron chi connectivity index (χ3n) is 2.50. The quantitative estimate of drug-likeness (QED) is 0.820. The third-order valence-corrected chi connectivity index (χ3v) is 2.91. The molecule has 1 unspecified atom stereocenters. The Morgan fingerprint density at radius 1 is 1.33 bits per heavy atom. The average molecular weight is 315 g/mol. The number of hydrogen-bond acceptors (Lipinski definition) is 4. The van der Waals surface area contributed by atoms with Gasteiger partial charge in [-0.05, 0) is 49.3 Å². The Morgan fingerprint density at radius 2 is 2.00 bits per heavy atom. The minimum absolute atomic E-state index is 0.404. The van der Waals surface area contributed by atoms with E-state index in [-0.39, 0.29) is 0 Å². The number of nitrogens with one attached hydrogen (secondary N) is 1. The number of nitrogens with zero attached hydrogens (tertiary/aromatic N) is 3. The van der Waals surface area contributed by atoms with E-state index in [0.717, 1.165) is 29.2 Å². The molecule has 0 saturated carbocycles. The van der Waals surface area contributed by atoms with Crippen LogP contribution in [0.2, 0.25) is 0 Å². The molecule has 0 saturated heterocycles. The average Bonchev–Trinajstić information content (AvgIpc) is 2.12. The largest absolute Gasteiger partial charge is 0.366 e. The van der Waals surface area contributed by atoms with E-state index in [4.69, 9.17) is 0 Å². The second kappa shape index (κ2) is 7.04. The van der Waals surface area contributed by atoms with Gasteiger partial charge in [0.05, 0.1) is 0 Å². The zero-order valence-corrected chi connectivity index (χ0v) is 13.5. The van der Waals surface area contributed by atoms with Crippen molar-refractivity contribution >= 4 is 21.7 Å². The smallest absolute Gasteiger partial charge is 0.131 e. The predicted octanol–water partition coefficient (Wildman–Crippen LogP) is 2.94. The Morgan fingerprint density at radius 3 is 2.50 bits per heavy atom. The third kappa shape index (κ3) is 5.78. The van der Waals surface area contributed by atoms with Crippen LogP contribution in [0, 0.1) is 12.8 Å². The van der Waals surface area contributed by atoms with Crippen LogP contribution in [-0.4, -0.2) is 41.5 Å². The van der Waals surface area contributed by atoms with Gasteiger partial charge >= 0.3 is 0 Å². The van der Waals surface area contributed by atoms with Gasteiger partial charge in [0.2, 0.25) is 0 Å². The Kier molecular flexibility index (Phi) is 6.02. The van der Waals surface area contributed by atoms with Crippen LogP contribution in [-0.2, 0) is 0 Å². The standard InChI is InChI=1S/C13H23BrN4/c1-9(2)6-11(8-18(4)5)17-13-7-12(14)15-10(3)16-13/h7,9,11H,6,8H2,1-5H3,(H,15,16,17). The monoisotopic (exact) mass is 314 g/mol. The minimum atomic E-state index is 0.404. The highest BCUT2D eigenvalue weighted by Crippen LogP contribution is 2.15. The maximum atomic E-state index is 4.42. The lowest BCUT2D eigenvalue weighted by atomic mass is 10.0. The Balaban J connectivity index is 2.74. The highest BCUT2D eigenvalue weighted by atomic mass is 79.9. The summed E-state index contributed by atoms with van der Waals surface area (Å²) in [5.74, 6) is 2.33. The summed E-state index contributed by atoms with van der Waals surface area (Å²) in [6.07, 6.45) is 1.12. The maximum Gasteiger partial charge on any atom is 0.131 e. The van der Waals surface area contributed by atoms with Crippen molar-refractivity contribution in [1.82, 2.24) is 14.9 Å². The van der Waals surface area contributed by atoms with Crippen LogP contribution in [0.3, 0.4) is 0 Å². The predicted molar refractivity (Wildman–Crippen MR) is 79.9 cm³/mol. The first-order valence-corrected chi connectivity index (χ1v) is 7.08. The number of aryl methyl sites for hydroxylation is 1. The first-order valence-electron chi connectivity index (χ1n) is 6.29. The lowest BCUT2D eigenvalue weighted by Gasteiger charge is -2.24. The molecule has 0 amide bonds. The van der Waals surface area contributed by atoms with Crippen LogP contribution in [0.25, 0.3) is 0 Å². The fraction of sp³-hybridized carbons (Fsp3) is 0.692. The fourth-order valence-electron chi connectivity index (χ4n) is 2.00. The molecule has 0 aliphatic heterocycles. The number of anilines is 1. The van der Waals surface area contributed by atoms with E-state index in [9.17, 15) is 0 Å². The number of likely N-dealkylation sites (N-methyl/N-ethyl adjacent to an activating group) is 1. The molecular weight excluding hydrogens is 292 g/mol. The summed E-state index contributed by atoms with van der Waals surface area (Å²) in [5.41, 5.74) is 0. The molecule has 5 heteroatoms. The molecule has 1 aromatic heterocycles. The molecule has 102 valence electrons. The Hall–Kier alpha value is -0.680. The van der Waals surface area contributed by atoms with Crippen molar-refractivity contribution in [3.63, 3.8) is 0 Å². The van der Waals surface area contributed by atoms with Crippen LogP contribution in [0.1, 0.15) is 26.1 Å². The van der Waals surface area contributed by atoms with Gasteiger partial charge in [0.15, 0.2) is 0 Å². The van der Waals surface area contributed by atoms with Gasteiger partial charge in [-0.25, -0.2) is 9.97 Å². The summed E-state index contributed by atoms with van der Waals surface area (Å²) >= 11 is 3.40. The van der Waals surface area contributed by atoms with Gasteiger partial charge in [-0.3, -0.25) is 0 Å². The molecule has 18 heavy (non-hydrogen) atoms. The van der Waals surface area contributed by atoms with Crippen LogP contribution in [0.15, 0.2) is 10.7 Å². The number of halogens is 1. The van der Waals surface area contributed by atoms with Crippen molar-refractivity contribution in [3.05, 3.63) is 16.5 Å². The molecule has 0 aliphatic carbocycles. The van der Waals surface area contributed by atoms with E-state index in [1.807, 2.05) is 13.0 Å². The lowest BCUT2D eigenvalue weighted by Crippen LogP contribution is -2.33. The molecule has 0 fully saturated rings. The molecule has 0 bridgehead atoms. The van der Waals surface area contributed by atoms with Crippen molar-refractivity contribution in [2.24, 2.45) is 5.92 Å². The molecular formula is C13H23BrN4. The fourth-order valence-corrected chi connectivity index (χ4v) is 2.48. The van der Waals surface area contributed by atoms with Gasteiger partial charge in [0.1, 0.15) is 16.2 Å². The SMILES string of the molecule is Cc1nc(Br)cc(NC(CC(C)C)CN(C)C)n1. The van der Waals surface area contributed by atoms with Gasteiger partial charge < -0.3 is 10.2 Å². The summed E-state index contributed by atoms with van der Waals surface area (Å²) in [6, 6.07) is 2.33. The molecule has 0 aromatic carbocycles. The zero-order chi connectivity index (χ0) is 13.7. The van der Waals surface area contributed by atoms with E-state index >= 15 is 0 Å². The second-order valence-electron chi connectivity index (χ2n) is 5.36. The van der Waals surface area contributed by atoms with Crippen molar-refractivity contribution < 1.29 is 0 Å². The molecule has 0 radical (unpaired) electrons. The first-order chi connectivity index (χ1) is 8.36. The van der Waals surface area contributed by atoms with Crippen molar-refractivity contribution in [3.8, 4) is 0 Å². The molecule has 1 atom stereocenters. The van der Waals surface area contributed by atoms with E-state index in [2.05, 4.69) is 64.1 Å². The van der Waals surface area contributed by atoms with Crippen LogP contribution in [0.4, 0.5) is 5.82 Å². The summed E-state index contributed by atoms with van der Waals surface area (Å²) < 4.78 is 0.825. The van der Waals surface area contributed by atoms with Crippen molar-refractivity contribution in [2.75, 3.05) is 26.0 Å². The number of hydrogen-bond donors (Lipinski definition) is 1. The van der Waals surface area contributed by atoms with Gasteiger partial charge in [0.25, 0.3) is 0 Å². The van der Waals surface area contributed by atoms with Crippen LogP contribution < -0.4 is 5.32 Å². The molecule has 1 N–H and O–H groups in total. The molecule has 1 rings (SSSR count). The molecule has 0 aliphatic rings. The summed E-state index contributed by atoms with van der Waals surface area (Å²) in [6.45, 7) is 7.38. The van der Waals surface area contributed by atoms with E-state index in [0.29, 0.717) is 12.0 Å². The van der Waals surface area contributed by atoms with Crippen molar-refractivity contribution in [1.29, 1.82) is 0 Å². The topological polar surface area (TPSA) is 41.1 Å². The van der Waals surface area contributed by atoms with Gasteiger partial charge in [-0.2, -0.15) is 0 Å². The molecule has 1 heterocycles. The van der Waals surface area contributed by atoms with E-state index in [1.54, 1.807) is 0 Å². The second-order valence-corrected chi connectivity index (χ2v) is 6.17. The highest BCUT2D eigenvalue weighted by Gasteiger charge is 2.13. The lowest BCUT2D eigenvalue weighted by molar-refractivity contribution is 0.356. The highest BCUT2D eigenvalue weighted by molar-refractivity contribution is 9.10. The normalized spacial score (nSPS) is 13.1.